The van der Waals surface area contributed by atoms with Gasteiger partial charge < -0.3 is 20.1 Å². The van der Waals surface area contributed by atoms with E-state index in [1.165, 1.54) is 12.4 Å². The number of carbonyl (C=O) groups is 1. The van der Waals surface area contributed by atoms with Crippen molar-refractivity contribution in [3.8, 4) is 28.8 Å². The third-order valence-electron chi connectivity index (χ3n) is 8.75. The summed E-state index contributed by atoms with van der Waals surface area (Å²) >= 11 is 0. The number of rotatable bonds is 10. The van der Waals surface area contributed by atoms with Crippen molar-refractivity contribution in [1.29, 1.82) is 5.26 Å². The van der Waals surface area contributed by atoms with Crippen LogP contribution >= 0.6 is 0 Å². The first kappa shape index (κ1) is 31.1. The number of para-hydroxylation sites is 1. The van der Waals surface area contributed by atoms with Gasteiger partial charge in [0.25, 0.3) is 5.91 Å². The van der Waals surface area contributed by atoms with Gasteiger partial charge in [-0.2, -0.15) is 10.4 Å². The van der Waals surface area contributed by atoms with Gasteiger partial charge >= 0.3 is 0 Å². The van der Waals surface area contributed by atoms with Crippen LogP contribution in [-0.4, -0.2) is 79.4 Å². The Morgan fingerprint density at radius 3 is 2.67 bits per heavy atom. The molecule has 46 heavy (non-hydrogen) atoms. The van der Waals surface area contributed by atoms with Crippen molar-refractivity contribution >= 4 is 22.8 Å². The maximum atomic E-state index is 15.6. The van der Waals surface area contributed by atoms with Crippen LogP contribution in [0.2, 0.25) is 0 Å². The Morgan fingerprint density at radius 2 is 2.00 bits per heavy atom. The molecule has 4 aromatic rings. The van der Waals surface area contributed by atoms with Gasteiger partial charge in [-0.05, 0) is 63.6 Å². The molecule has 2 fully saturated rings. The maximum Gasteiger partial charge on any atom is 0.264 e. The Labute approximate surface area is 267 Å². The van der Waals surface area contributed by atoms with Gasteiger partial charge in [-0.1, -0.05) is 25.1 Å². The molecule has 0 radical (unpaired) electrons. The zero-order chi connectivity index (χ0) is 32.4. The van der Waals surface area contributed by atoms with Crippen molar-refractivity contribution in [1.82, 2.24) is 29.5 Å². The molecule has 0 aliphatic carbocycles. The largest absolute Gasteiger partial charge is 0.457 e. The number of carbonyl (C=O) groups excluding carboxylic acids is 1. The van der Waals surface area contributed by atoms with E-state index in [-0.39, 0.29) is 41.5 Å². The Kier molecular flexibility index (Phi) is 8.71. The summed E-state index contributed by atoms with van der Waals surface area (Å²) in [6, 6.07) is 15.9. The highest BCUT2D eigenvalue weighted by Crippen LogP contribution is 2.35. The molecule has 2 aliphatic rings. The average molecular weight is 625 g/mol. The summed E-state index contributed by atoms with van der Waals surface area (Å²) < 4.78 is 28.4. The van der Waals surface area contributed by atoms with Crippen molar-refractivity contribution in [2.24, 2.45) is 0 Å². The third-order valence-corrected chi connectivity index (χ3v) is 8.75. The van der Waals surface area contributed by atoms with Crippen LogP contribution in [0.3, 0.4) is 0 Å². The van der Waals surface area contributed by atoms with Crippen LogP contribution < -0.4 is 10.5 Å². The predicted octanol–water partition coefficient (Wildman–Crippen LogP) is 4.95. The highest BCUT2D eigenvalue weighted by molar-refractivity contribution is 5.99. The lowest BCUT2D eigenvalue weighted by Crippen LogP contribution is -2.57. The zero-order valence-corrected chi connectivity index (χ0v) is 26.2. The van der Waals surface area contributed by atoms with Crippen molar-refractivity contribution in [3.63, 3.8) is 0 Å². The van der Waals surface area contributed by atoms with E-state index >= 15 is 4.39 Å². The maximum absolute atomic E-state index is 15.6. The number of nitrogen functional groups attached to an aromatic ring is 1. The van der Waals surface area contributed by atoms with Crippen LogP contribution in [-0.2, 0) is 16.1 Å². The fourth-order valence-electron chi connectivity index (χ4n) is 6.49. The topological polar surface area (TPSA) is 135 Å². The van der Waals surface area contributed by atoms with E-state index in [2.05, 4.69) is 27.9 Å². The number of likely N-dealkylation sites (tertiary alicyclic amines) is 1. The average Bonchev–Trinajstić information content (AvgIpc) is 3.63. The number of nitrogens with zero attached hydrogens (tertiary/aromatic N) is 7. The van der Waals surface area contributed by atoms with Gasteiger partial charge in [0.05, 0.1) is 37.2 Å². The quantitative estimate of drug-likeness (QED) is 0.192. The number of benzene rings is 2. The van der Waals surface area contributed by atoms with Crippen molar-refractivity contribution in [3.05, 3.63) is 72.3 Å². The van der Waals surface area contributed by atoms with Gasteiger partial charge in [-0.15, -0.1) is 0 Å². The standard InChI is InChI=1S/C34H37FN8O3/c1-4-42(24-19-45-20-24)34(2,3)16-22(17-36)33(44)41-14-8-9-23(41)18-43-32-29(31(37)38-21-39-32)30(40-43)27-13-12-26(15-28(27)35)46-25-10-6-5-7-11-25/h5-7,10-13,15-16,21,23-24H,4,8-9,14,18-20H2,1-3H3,(H2,37,38,39)/t23-/m0/s1. The van der Waals surface area contributed by atoms with Gasteiger partial charge in [-0.25, -0.2) is 19.0 Å². The monoisotopic (exact) mass is 624 g/mol. The molecular formula is C34H37FN8O3. The number of nitriles is 1. The summed E-state index contributed by atoms with van der Waals surface area (Å²) in [7, 11) is 0. The van der Waals surface area contributed by atoms with Crippen LogP contribution in [0.15, 0.2) is 66.5 Å². The number of amides is 1. The molecule has 238 valence electrons. The van der Waals surface area contributed by atoms with Gasteiger partial charge in [0.2, 0.25) is 0 Å². The van der Waals surface area contributed by atoms with Crippen LogP contribution in [0, 0.1) is 17.1 Å². The molecule has 0 bridgehead atoms. The minimum atomic E-state index is -0.540. The number of anilines is 1. The van der Waals surface area contributed by atoms with E-state index in [0.29, 0.717) is 54.4 Å². The molecule has 0 unspecified atom stereocenters. The first-order chi connectivity index (χ1) is 22.2. The molecule has 6 rings (SSSR count). The number of fused-ring (bicyclic) bond motifs is 1. The van der Waals surface area contributed by atoms with E-state index in [9.17, 15) is 10.1 Å². The summed E-state index contributed by atoms with van der Waals surface area (Å²) in [5.74, 6) is 0.245. The smallest absolute Gasteiger partial charge is 0.264 e. The normalized spacial score (nSPS) is 17.3. The highest BCUT2D eigenvalue weighted by atomic mass is 19.1. The first-order valence-electron chi connectivity index (χ1n) is 15.5. The summed E-state index contributed by atoms with van der Waals surface area (Å²) in [6.45, 7) is 8.94. The van der Waals surface area contributed by atoms with Crippen molar-refractivity contribution in [2.45, 2.75) is 57.8 Å². The number of likely N-dealkylation sites (N-methyl/N-ethyl adjacent to an activating group) is 1. The van der Waals surface area contributed by atoms with E-state index < -0.39 is 11.4 Å². The third kappa shape index (κ3) is 6.03. The lowest BCUT2D eigenvalue weighted by atomic mass is 9.95. The van der Waals surface area contributed by atoms with Crippen LogP contribution in [0.5, 0.6) is 11.5 Å². The number of aromatic nitrogens is 4. The van der Waals surface area contributed by atoms with E-state index in [4.69, 9.17) is 20.3 Å². The minimum absolute atomic E-state index is 0.105. The predicted molar refractivity (Wildman–Crippen MR) is 171 cm³/mol. The molecule has 2 saturated heterocycles. The number of ether oxygens (including phenoxy) is 2. The second kappa shape index (κ2) is 12.9. The number of halogens is 1. The molecule has 2 aliphatic heterocycles. The summed E-state index contributed by atoms with van der Waals surface area (Å²) in [4.78, 5) is 26.4. The molecule has 2 aromatic heterocycles. The molecule has 1 atom stereocenters. The Bertz CT molecular complexity index is 1810. The van der Waals surface area contributed by atoms with E-state index in [1.54, 1.807) is 39.9 Å². The SMILES string of the molecule is CCN(C1COC1)C(C)(C)C=C(C#N)C(=O)N1CCC[C@H]1Cn1nc(-c2ccc(Oc3ccccc3)cc2F)c2c(N)ncnc21. The molecule has 0 spiro atoms. The van der Waals surface area contributed by atoms with Gasteiger partial charge in [-0.3, -0.25) is 9.69 Å². The summed E-state index contributed by atoms with van der Waals surface area (Å²) in [5, 5.41) is 15.3. The van der Waals surface area contributed by atoms with Gasteiger partial charge in [0.1, 0.15) is 46.8 Å². The van der Waals surface area contributed by atoms with Crippen molar-refractivity contribution in [2.75, 3.05) is 32.0 Å². The zero-order valence-electron chi connectivity index (χ0n) is 26.2. The molecule has 2 N–H and O–H groups in total. The highest BCUT2D eigenvalue weighted by Gasteiger charge is 2.37. The van der Waals surface area contributed by atoms with Crippen LogP contribution in [0.25, 0.3) is 22.3 Å². The molecule has 2 aromatic carbocycles. The second-order valence-corrected chi connectivity index (χ2v) is 12.1. The van der Waals surface area contributed by atoms with Crippen LogP contribution in [0.4, 0.5) is 10.2 Å². The molecule has 12 heteroatoms. The van der Waals surface area contributed by atoms with Crippen molar-refractivity contribution < 1.29 is 18.7 Å². The Balaban J connectivity index is 1.27. The lowest BCUT2D eigenvalue weighted by Gasteiger charge is -2.45. The number of hydrogen-bond donors (Lipinski definition) is 1. The fourth-order valence-corrected chi connectivity index (χ4v) is 6.49. The van der Waals surface area contributed by atoms with Gasteiger partial charge in [0.15, 0.2) is 5.65 Å². The number of hydrogen-bond acceptors (Lipinski definition) is 9. The first-order valence-corrected chi connectivity index (χ1v) is 15.5. The lowest BCUT2D eigenvalue weighted by molar-refractivity contribution is -0.127. The summed E-state index contributed by atoms with van der Waals surface area (Å²) in [6.07, 6.45) is 4.61. The van der Waals surface area contributed by atoms with E-state index in [1.807, 2.05) is 32.0 Å². The minimum Gasteiger partial charge on any atom is -0.457 e. The Hall–Kier alpha value is -4.86. The number of nitrogens with two attached hydrogens (primary N) is 1. The van der Waals surface area contributed by atoms with E-state index in [0.717, 1.165) is 13.0 Å². The molecule has 1 amide bonds. The second-order valence-electron chi connectivity index (χ2n) is 12.1. The summed E-state index contributed by atoms with van der Waals surface area (Å²) in [5.41, 5.74) is 6.83. The molecule has 4 heterocycles. The molecular weight excluding hydrogens is 587 g/mol. The Morgan fingerprint density at radius 1 is 1.22 bits per heavy atom. The fraction of sp³-hybridized carbons (Fsp3) is 0.382. The molecule has 11 nitrogen and oxygen atoms in total. The molecule has 0 saturated carbocycles. The van der Waals surface area contributed by atoms with Crippen LogP contribution in [0.1, 0.15) is 33.6 Å². The van der Waals surface area contributed by atoms with Gasteiger partial charge in [0, 0.05) is 23.7 Å².